The third kappa shape index (κ3) is 3.30. The van der Waals surface area contributed by atoms with Gasteiger partial charge in [0.2, 0.25) is 0 Å². The maximum absolute atomic E-state index is 5.38. The minimum Gasteiger partial charge on any atom is -0.479 e. The number of imidazole rings is 1. The first-order chi connectivity index (χ1) is 10.3. The molecule has 0 radical (unpaired) electrons. The molecule has 2 aromatic carbocycles. The summed E-state index contributed by atoms with van der Waals surface area (Å²) in [6.07, 6.45) is 2.03. The summed E-state index contributed by atoms with van der Waals surface area (Å²) in [6.45, 7) is 2.17. The van der Waals surface area contributed by atoms with E-state index >= 15 is 0 Å². The summed E-state index contributed by atoms with van der Waals surface area (Å²) < 4.78 is 7.35. The third-order valence-electron chi connectivity index (χ3n) is 3.22. The third-order valence-corrected chi connectivity index (χ3v) is 3.22. The van der Waals surface area contributed by atoms with Crippen LogP contribution in [-0.2, 0) is 0 Å². The minimum atomic E-state index is 0. The van der Waals surface area contributed by atoms with E-state index in [0.29, 0.717) is 0 Å². The van der Waals surface area contributed by atoms with Crippen molar-refractivity contribution in [2.45, 2.75) is 6.92 Å². The normalized spacial score (nSPS) is 10.1. The van der Waals surface area contributed by atoms with E-state index in [1.807, 2.05) is 55.6 Å². The van der Waals surface area contributed by atoms with Gasteiger partial charge in [0.05, 0.1) is 5.69 Å². The summed E-state index contributed by atoms with van der Waals surface area (Å²) in [5.74, 6) is 1.69. The van der Waals surface area contributed by atoms with Crippen LogP contribution >= 0.6 is 12.4 Å². The van der Waals surface area contributed by atoms with E-state index in [1.54, 1.807) is 0 Å². The molecule has 0 unspecified atom stereocenters. The lowest BCUT2D eigenvalue weighted by atomic mass is 10.2. The average molecular weight is 316 g/mol. The molecule has 3 aromatic rings. The van der Waals surface area contributed by atoms with Gasteiger partial charge in [0.1, 0.15) is 18.3 Å². The number of hydrogen-bond acceptors (Lipinski definition) is 3. The predicted molar refractivity (Wildman–Crippen MR) is 90.7 cm³/mol. The molecule has 0 saturated heterocycles. The number of ether oxygens (including phenoxy) is 1. The molecule has 1 aromatic heterocycles. The number of nitrogens with two attached hydrogens (primary N) is 1. The summed E-state index contributed by atoms with van der Waals surface area (Å²) in [6, 6.07) is 18.0. The van der Waals surface area contributed by atoms with E-state index in [-0.39, 0.29) is 19.1 Å². The Kier molecular flexibility index (Phi) is 5.20. The van der Waals surface area contributed by atoms with Gasteiger partial charge >= 0.3 is 0 Å². The number of halogens is 1. The SMILES string of the molecule is Cc1cn(-c2ccc(OCN)cc2)c(-c2ccccc2)n1.Cl. The molecular weight excluding hydrogens is 298 g/mol. The molecule has 0 bridgehead atoms. The van der Waals surface area contributed by atoms with E-state index in [9.17, 15) is 0 Å². The molecule has 22 heavy (non-hydrogen) atoms. The van der Waals surface area contributed by atoms with E-state index in [2.05, 4.69) is 21.7 Å². The van der Waals surface area contributed by atoms with Crippen LogP contribution in [0.5, 0.6) is 5.75 Å². The van der Waals surface area contributed by atoms with Crippen LogP contribution in [0.1, 0.15) is 5.69 Å². The standard InChI is InChI=1S/C17H17N3O.ClH/c1-13-11-20(15-7-9-16(10-8-15)21-12-18)17(19-13)14-5-3-2-4-6-14;/h2-11H,12,18H2,1H3;1H. The number of rotatable bonds is 4. The highest BCUT2D eigenvalue weighted by molar-refractivity contribution is 5.85. The zero-order chi connectivity index (χ0) is 14.7. The van der Waals surface area contributed by atoms with Crippen molar-refractivity contribution in [2.75, 3.05) is 6.73 Å². The summed E-state index contributed by atoms with van der Waals surface area (Å²) in [4.78, 5) is 4.63. The molecule has 0 aliphatic rings. The van der Waals surface area contributed by atoms with E-state index in [1.165, 1.54) is 0 Å². The van der Waals surface area contributed by atoms with Gasteiger partial charge in [-0.3, -0.25) is 10.3 Å². The lowest BCUT2D eigenvalue weighted by molar-refractivity contribution is 0.329. The molecule has 0 fully saturated rings. The van der Waals surface area contributed by atoms with Gasteiger partial charge in [-0.1, -0.05) is 30.3 Å². The van der Waals surface area contributed by atoms with Crippen LogP contribution in [0.3, 0.4) is 0 Å². The molecule has 0 aliphatic heterocycles. The maximum atomic E-state index is 5.38. The molecule has 5 heteroatoms. The first-order valence-electron chi connectivity index (χ1n) is 6.82. The second-order valence-electron chi connectivity index (χ2n) is 4.75. The van der Waals surface area contributed by atoms with Crippen molar-refractivity contribution in [2.24, 2.45) is 5.73 Å². The Balaban J connectivity index is 0.00000176. The van der Waals surface area contributed by atoms with Gasteiger partial charge in [0.25, 0.3) is 0 Å². The molecule has 0 aliphatic carbocycles. The molecule has 114 valence electrons. The monoisotopic (exact) mass is 315 g/mol. The summed E-state index contributed by atoms with van der Waals surface area (Å²) >= 11 is 0. The second kappa shape index (κ2) is 7.11. The fourth-order valence-corrected chi connectivity index (χ4v) is 2.28. The number of nitrogens with zero attached hydrogens (tertiary/aromatic N) is 2. The van der Waals surface area contributed by atoms with Gasteiger partial charge in [-0.05, 0) is 31.2 Å². The molecule has 2 N–H and O–H groups in total. The zero-order valence-corrected chi connectivity index (χ0v) is 13.1. The quantitative estimate of drug-likeness (QED) is 0.749. The second-order valence-corrected chi connectivity index (χ2v) is 4.75. The fourth-order valence-electron chi connectivity index (χ4n) is 2.28. The Morgan fingerprint density at radius 3 is 2.36 bits per heavy atom. The number of benzene rings is 2. The number of aryl methyl sites for hydroxylation is 1. The molecule has 1 heterocycles. The summed E-state index contributed by atoms with van der Waals surface area (Å²) in [5.41, 5.74) is 8.49. The van der Waals surface area contributed by atoms with Crippen LogP contribution in [0.15, 0.2) is 60.8 Å². The average Bonchev–Trinajstić information content (AvgIpc) is 2.91. The van der Waals surface area contributed by atoms with Crippen molar-refractivity contribution < 1.29 is 4.74 Å². The molecule has 0 saturated carbocycles. The van der Waals surface area contributed by atoms with Gasteiger partial charge < -0.3 is 4.74 Å². The predicted octanol–water partition coefficient (Wildman–Crippen LogP) is 3.56. The van der Waals surface area contributed by atoms with Gasteiger partial charge in [-0.25, -0.2) is 4.98 Å². The Bertz CT molecular complexity index is 723. The van der Waals surface area contributed by atoms with Crippen LogP contribution in [0.25, 0.3) is 17.1 Å². The van der Waals surface area contributed by atoms with Crippen LogP contribution in [-0.4, -0.2) is 16.3 Å². The smallest absolute Gasteiger partial charge is 0.144 e. The van der Waals surface area contributed by atoms with E-state index in [4.69, 9.17) is 10.5 Å². The molecule has 0 spiro atoms. The largest absolute Gasteiger partial charge is 0.479 e. The van der Waals surface area contributed by atoms with Crippen molar-refractivity contribution in [3.8, 4) is 22.8 Å². The zero-order valence-electron chi connectivity index (χ0n) is 12.3. The Labute approximate surface area is 136 Å². The highest BCUT2D eigenvalue weighted by Gasteiger charge is 2.09. The number of aromatic nitrogens is 2. The lowest BCUT2D eigenvalue weighted by Crippen LogP contribution is -2.07. The van der Waals surface area contributed by atoms with Crippen LogP contribution < -0.4 is 10.5 Å². The molecule has 0 amide bonds. The van der Waals surface area contributed by atoms with Crippen molar-refractivity contribution >= 4 is 12.4 Å². The molecule has 4 nitrogen and oxygen atoms in total. The first kappa shape index (κ1) is 16.1. The lowest BCUT2D eigenvalue weighted by Gasteiger charge is -2.09. The summed E-state index contributed by atoms with van der Waals surface area (Å²) in [5, 5.41) is 0. The first-order valence-corrected chi connectivity index (χ1v) is 6.82. The van der Waals surface area contributed by atoms with Crippen LogP contribution in [0.2, 0.25) is 0 Å². The number of hydrogen-bond donors (Lipinski definition) is 1. The molecule has 3 rings (SSSR count). The van der Waals surface area contributed by atoms with Crippen molar-refractivity contribution in [1.82, 2.24) is 9.55 Å². The minimum absolute atomic E-state index is 0. The fraction of sp³-hybridized carbons (Fsp3) is 0.118. The van der Waals surface area contributed by atoms with E-state index < -0.39 is 0 Å². The highest BCUT2D eigenvalue weighted by Crippen LogP contribution is 2.24. The highest BCUT2D eigenvalue weighted by atomic mass is 35.5. The van der Waals surface area contributed by atoms with Gasteiger partial charge in [-0.15, -0.1) is 12.4 Å². The molecule has 0 atom stereocenters. The maximum Gasteiger partial charge on any atom is 0.144 e. The van der Waals surface area contributed by atoms with Gasteiger partial charge in [-0.2, -0.15) is 0 Å². The van der Waals surface area contributed by atoms with Crippen LogP contribution in [0.4, 0.5) is 0 Å². The summed E-state index contributed by atoms with van der Waals surface area (Å²) in [7, 11) is 0. The van der Waals surface area contributed by atoms with Crippen molar-refractivity contribution in [3.63, 3.8) is 0 Å². The van der Waals surface area contributed by atoms with Crippen molar-refractivity contribution in [1.29, 1.82) is 0 Å². The van der Waals surface area contributed by atoms with Gasteiger partial charge in [0, 0.05) is 17.4 Å². The van der Waals surface area contributed by atoms with Gasteiger partial charge in [0.15, 0.2) is 0 Å². The Morgan fingerprint density at radius 1 is 1.05 bits per heavy atom. The van der Waals surface area contributed by atoms with E-state index in [0.717, 1.165) is 28.5 Å². The van der Waals surface area contributed by atoms with Crippen LogP contribution in [0, 0.1) is 6.92 Å². The topological polar surface area (TPSA) is 53.1 Å². The molecular formula is C17H18ClN3O. The Hall–Kier alpha value is -2.30. The Morgan fingerprint density at radius 2 is 1.73 bits per heavy atom. The van der Waals surface area contributed by atoms with Crippen molar-refractivity contribution in [3.05, 3.63) is 66.5 Å².